The summed E-state index contributed by atoms with van der Waals surface area (Å²) in [5.41, 5.74) is 0.484. The van der Waals surface area contributed by atoms with E-state index < -0.39 is 10.4 Å². The molecule has 0 atom stereocenters. The van der Waals surface area contributed by atoms with Gasteiger partial charge >= 0.3 is 29.6 Å². The molecular weight excluding hydrogens is 245 g/mol. The fourth-order valence-electron chi connectivity index (χ4n) is 0.915. The van der Waals surface area contributed by atoms with Crippen LogP contribution in [-0.2, 0) is 15.2 Å². The van der Waals surface area contributed by atoms with E-state index in [-0.39, 0.29) is 41.2 Å². The number of rotatable bonds is 3. The number of hydrogen-bond donors (Lipinski definition) is 1. The number of benzene rings is 1. The molecule has 0 saturated heterocycles. The maximum atomic E-state index is 10.6. The molecule has 0 spiro atoms. The van der Waals surface area contributed by atoms with Crippen LogP contribution in [0.5, 0.6) is 5.75 Å². The van der Waals surface area contributed by atoms with E-state index in [4.69, 9.17) is 0 Å². The normalized spacial score (nSPS) is 10.1. The Hall–Kier alpha value is -0.600. The largest absolute Gasteiger partial charge is 1.00 e. The molecule has 16 heavy (non-hydrogen) atoms. The summed E-state index contributed by atoms with van der Waals surface area (Å²) in [4.78, 5) is 10.6. The van der Waals surface area contributed by atoms with E-state index in [1.54, 1.807) is 0 Å². The van der Waals surface area contributed by atoms with Crippen molar-refractivity contribution in [3.63, 3.8) is 0 Å². The number of hydrogen-bond acceptors (Lipinski definition) is 5. The molecule has 0 bridgehead atoms. The molecule has 1 N–H and O–H groups in total. The van der Waals surface area contributed by atoms with Crippen molar-refractivity contribution in [2.24, 2.45) is 0 Å². The summed E-state index contributed by atoms with van der Waals surface area (Å²) in [7, 11) is -4.75. The zero-order valence-corrected chi connectivity index (χ0v) is 11.6. The van der Waals surface area contributed by atoms with E-state index in [0.29, 0.717) is 5.69 Å². The molecule has 0 aliphatic rings. The van der Waals surface area contributed by atoms with Gasteiger partial charge in [-0.25, -0.2) is 8.42 Å². The Morgan fingerprint density at radius 3 is 2.19 bits per heavy atom. The van der Waals surface area contributed by atoms with Crippen LogP contribution in [0.2, 0.25) is 0 Å². The maximum absolute atomic E-state index is 10.6. The van der Waals surface area contributed by atoms with Crippen molar-refractivity contribution >= 4 is 22.0 Å². The summed E-state index contributed by atoms with van der Waals surface area (Å²) in [5.74, 6) is -0.348. The molecule has 0 heterocycles. The molecule has 6 nitrogen and oxygen atoms in total. The van der Waals surface area contributed by atoms with E-state index in [2.05, 4.69) is 9.50 Å². The zero-order chi connectivity index (χ0) is 11.5. The van der Waals surface area contributed by atoms with Gasteiger partial charge in [0, 0.05) is 12.6 Å². The first-order valence-corrected chi connectivity index (χ1v) is 5.23. The van der Waals surface area contributed by atoms with Gasteiger partial charge in [-0.2, -0.15) is 0 Å². The van der Waals surface area contributed by atoms with Crippen LogP contribution in [0.4, 0.5) is 5.69 Å². The third kappa shape index (κ3) is 6.09. The summed E-state index contributed by atoms with van der Waals surface area (Å²) >= 11 is 0. The minimum atomic E-state index is -4.75. The number of anilines is 1. The Bertz CT molecular complexity index is 456. The first-order chi connectivity index (χ1) is 6.87. The van der Waals surface area contributed by atoms with Crippen molar-refractivity contribution in [3.05, 3.63) is 24.3 Å². The van der Waals surface area contributed by atoms with Gasteiger partial charge in [0.1, 0.15) is 5.75 Å². The van der Waals surface area contributed by atoms with Crippen molar-refractivity contribution in [1.29, 1.82) is 0 Å². The maximum Gasteiger partial charge on any atom is 1.00 e. The summed E-state index contributed by atoms with van der Waals surface area (Å²) < 4.78 is 34.7. The molecule has 0 aliphatic heterocycles. The Kier molecular flexibility index (Phi) is 5.98. The van der Waals surface area contributed by atoms with Gasteiger partial charge in [-0.3, -0.25) is 4.79 Å². The molecule has 1 aromatic carbocycles. The fraction of sp³-hybridized carbons (Fsp3) is 0.125. The first-order valence-electron chi connectivity index (χ1n) is 3.90. The summed E-state index contributed by atoms with van der Waals surface area (Å²) in [5, 5.41) is 2.47. The van der Waals surface area contributed by atoms with E-state index in [1.165, 1.54) is 31.2 Å². The quantitative estimate of drug-likeness (QED) is 0.364. The Labute approximate surface area is 115 Å². The molecule has 0 unspecified atom stereocenters. The van der Waals surface area contributed by atoms with Crippen LogP contribution >= 0.6 is 0 Å². The average molecular weight is 253 g/mol. The zero-order valence-electron chi connectivity index (χ0n) is 8.76. The molecule has 1 amide bonds. The number of carbonyl (C=O) groups excluding carboxylic acids is 1. The SMILES string of the molecule is CC(=O)Nc1ccc(OS(=O)(=O)[O-])cc1.[Na+]. The number of nitrogens with one attached hydrogen (secondary N) is 1. The van der Waals surface area contributed by atoms with Gasteiger partial charge in [0.2, 0.25) is 5.91 Å². The van der Waals surface area contributed by atoms with Gasteiger partial charge in [-0.1, -0.05) is 0 Å². The molecule has 82 valence electrons. The van der Waals surface area contributed by atoms with Gasteiger partial charge < -0.3 is 14.1 Å². The summed E-state index contributed by atoms with van der Waals surface area (Å²) in [6.07, 6.45) is 0. The van der Waals surface area contributed by atoms with E-state index >= 15 is 0 Å². The monoisotopic (exact) mass is 253 g/mol. The second-order valence-corrected chi connectivity index (χ2v) is 3.68. The van der Waals surface area contributed by atoms with E-state index in [0.717, 1.165) is 0 Å². The first kappa shape index (κ1) is 15.4. The van der Waals surface area contributed by atoms with Crippen LogP contribution in [0.15, 0.2) is 24.3 Å². The predicted octanol–water partition coefficient (Wildman–Crippen LogP) is -2.51. The molecule has 0 radical (unpaired) electrons. The van der Waals surface area contributed by atoms with Crippen molar-refractivity contribution in [2.45, 2.75) is 6.92 Å². The molecule has 0 aromatic heterocycles. The van der Waals surface area contributed by atoms with Crippen LogP contribution in [-0.4, -0.2) is 18.9 Å². The predicted molar refractivity (Wildman–Crippen MR) is 51.1 cm³/mol. The number of amides is 1. The summed E-state index contributed by atoms with van der Waals surface area (Å²) in [6, 6.07) is 5.37. The molecule has 0 aliphatic carbocycles. The molecule has 0 fully saturated rings. The molecule has 1 rings (SSSR count). The van der Waals surface area contributed by atoms with Crippen LogP contribution in [0.25, 0.3) is 0 Å². The fourth-order valence-corrected chi connectivity index (χ4v) is 1.26. The van der Waals surface area contributed by atoms with Gasteiger partial charge in [0.15, 0.2) is 0 Å². The molecule has 1 aromatic rings. The minimum Gasteiger partial charge on any atom is -0.716 e. The summed E-state index contributed by atoms with van der Waals surface area (Å²) in [6.45, 7) is 1.34. The second-order valence-electron chi connectivity index (χ2n) is 2.70. The second kappa shape index (κ2) is 6.21. The molecule has 0 saturated carbocycles. The van der Waals surface area contributed by atoms with Crippen LogP contribution in [0.1, 0.15) is 6.92 Å². The van der Waals surface area contributed by atoms with Crippen LogP contribution in [0, 0.1) is 0 Å². The topological polar surface area (TPSA) is 95.5 Å². The minimum absolute atomic E-state index is 0. The van der Waals surface area contributed by atoms with E-state index in [1.807, 2.05) is 0 Å². The van der Waals surface area contributed by atoms with Crippen molar-refractivity contribution in [2.75, 3.05) is 5.32 Å². The van der Waals surface area contributed by atoms with Gasteiger partial charge in [0.05, 0.1) is 0 Å². The average Bonchev–Trinajstić information content (AvgIpc) is 2.05. The van der Waals surface area contributed by atoms with Crippen molar-refractivity contribution < 1.29 is 51.5 Å². The molecular formula is C8H8NNaO5S. The Morgan fingerprint density at radius 1 is 1.31 bits per heavy atom. The van der Waals surface area contributed by atoms with Gasteiger partial charge in [-0.15, -0.1) is 0 Å². The molecule has 8 heteroatoms. The number of carbonyl (C=O) groups is 1. The van der Waals surface area contributed by atoms with Gasteiger partial charge in [0.25, 0.3) is 10.4 Å². The smallest absolute Gasteiger partial charge is 0.716 e. The van der Waals surface area contributed by atoms with Crippen LogP contribution < -0.4 is 39.1 Å². The Morgan fingerprint density at radius 2 is 1.81 bits per heavy atom. The Balaban J connectivity index is 0.00000225. The standard InChI is InChI=1S/C8H9NO5S.Na/c1-6(10)9-7-2-4-8(5-3-7)14-15(11,12)13;/h2-5H,1H3,(H,9,10)(H,11,12,13);/q;+1/p-1. The van der Waals surface area contributed by atoms with Crippen molar-refractivity contribution in [3.8, 4) is 5.75 Å². The van der Waals surface area contributed by atoms with Gasteiger partial charge in [-0.05, 0) is 24.3 Å². The third-order valence-corrected chi connectivity index (χ3v) is 1.77. The third-order valence-electron chi connectivity index (χ3n) is 1.37. The van der Waals surface area contributed by atoms with E-state index in [9.17, 15) is 17.8 Å². The van der Waals surface area contributed by atoms with Crippen LogP contribution in [0.3, 0.4) is 0 Å². The van der Waals surface area contributed by atoms with Crippen molar-refractivity contribution in [1.82, 2.24) is 0 Å².